The molecule has 2 amide bonds. The van der Waals surface area contributed by atoms with Gasteiger partial charge in [-0.25, -0.2) is 13.6 Å². The molecule has 1 unspecified atom stereocenters. The summed E-state index contributed by atoms with van der Waals surface area (Å²) in [5.41, 5.74) is 0. The topological polar surface area (TPSA) is 61.8 Å². The zero-order chi connectivity index (χ0) is 15.1. The quantitative estimate of drug-likeness (QED) is 0.777. The standard InChI is InChI=1S/C13H18F2N2O3/c1-9(18)8-17(2)13(19)16-5-6-20-10-3-4-11(14)12(15)7-10/h3-4,7,9,18H,5-6,8H2,1-2H3,(H,16,19). The van der Waals surface area contributed by atoms with Gasteiger partial charge in [0.05, 0.1) is 12.6 Å². The third kappa shape index (κ3) is 5.40. The third-order valence-electron chi connectivity index (χ3n) is 2.42. The number of carbonyl (C=O) groups is 1. The highest BCUT2D eigenvalue weighted by Crippen LogP contribution is 2.14. The molecule has 0 heterocycles. The van der Waals surface area contributed by atoms with E-state index in [0.717, 1.165) is 12.1 Å². The summed E-state index contributed by atoms with van der Waals surface area (Å²) < 4.78 is 30.7. The molecule has 1 aromatic carbocycles. The number of halogens is 2. The molecule has 1 aromatic rings. The Morgan fingerprint density at radius 2 is 2.15 bits per heavy atom. The van der Waals surface area contributed by atoms with E-state index in [0.29, 0.717) is 0 Å². The summed E-state index contributed by atoms with van der Waals surface area (Å²) in [6, 6.07) is 2.87. The van der Waals surface area contributed by atoms with Gasteiger partial charge in [-0.05, 0) is 19.1 Å². The molecule has 0 aliphatic rings. The number of likely N-dealkylation sites (N-methyl/N-ethyl adjacent to an activating group) is 1. The molecule has 1 rings (SSSR count). The first-order chi connectivity index (χ1) is 9.40. The Balaban J connectivity index is 2.27. The number of urea groups is 1. The van der Waals surface area contributed by atoms with Crippen LogP contribution in [0.4, 0.5) is 13.6 Å². The number of nitrogens with one attached hydrogen (secondary N) is 1. The van der Waals surface area contributed by atoms with Crippen molar-refractivity contribution in [2.75, 3.05) is 26.7 Å². The summed E-state index contributed by atoms with van der Waals surface area (Å²) in [6.07, 6.45) is -0.607. The Labute approximate surface area is 116 Å². The highest BCUT2D eigenvalue weighted by molar-refractivity contribution is 5.73. The normalized spacial score (nSPS) is 11.8. The summed E-state index contributed by atoms with van der Waals surface area (Å²) in [5.74, 6) is -1.73. The molecule has 0 fully saturated rings. The van der Waals surface area contributed by atoms with Crippen LogP contribution in [0.2, 0.25) is 0 Å². The van der Waals surface area contributed by atoms with Crippen LogP contribution in [0, 0.1) is 11.6 Å². The number of hydrogen-bond donors (Lipinski definition) is 2. The minimum Gasteiger partial charge on any atom is -0.492 e. The van der Waals surface area contributed by atoms with E-state index in [1.54, 1.807) is 14.0 Å². The van der Waals surface area contributed by atoms with Crippen LogP contribution in [0.5, 0.6) is 5.75 Å². The third-order valence-corrected chi connectivity index (χ3v) is 2.42. The van der Waals surface area contributed by atoms with Crippen molar-refractivity contribution in [3.05, 3.63) is 29.8 Å². The Kier molecular flexibility index (Phi) is 6.17. The molecular formula is C13H18F2N2O3. The van der Waals surface area contributed by atoms with Gasteiger partial charge in [0.2, 0.25) is 0 Å². The number of hydrogen-bond acceptors (Lipinski definition) is 3. The lowest BCUT2D eigenvalue weighted by atomic mass is 10.3. The second kappa shape index (κ2) is 7.64. The fourth-order valence-electron chi connectivity index (χ4n) is 1.51. The minimum absolute atomic E-state index is 0.124. The van der Waals surface area contributed by atoms with Crippen LogP contribution < -0.4 is 10.1 Å². The molecule has 2 N–H and O–H groups in total. The predicted molar refractivity (Wildman–Crippen MR) is 69.6 cm³/mol. The van der Waals surface area contributed by atoms with Crippen molar-refractivity contribution in [2.45, 2.75) is 13.0 Å². The lowest BCUT2D eigenvalue weighted by molar-refractivity contribution is 0.143. The number of benzene rings is 1. The average Bonchev–Trinajstić information content (AvgIpc) is 2.37. The summed E-state index contributed by atoms with van der Waals surface area (Å²) in [6.45, 7) is 2.13. The van der Waals surface area contributed by atoms with Gasteiger partial charge in [0.25, 0.3) is 0 Å². The number of carbonyl (C=O) groups excluding carboxylic acids is 1. The second-order valence-electron chi connectivity index (χ2n) is 4.39. The van der Waals surface area contributed by atoms with Crippen molar-refractivity contribution in [1.29, 1.82) is 0 Å². The first kappa shape index (κ1) is 16.2. The molecule has 1 atom stereocenters. The van der Waals surface area contributed by atoms with Crippen LogP contribution >= 0.6 is 0 Å². The van der Waals surface area contributed by atoms with Gasteiger partial charge in [-0.3, -0.25) is 0 Å². The molecular weight excluding hydrogens is 270 g/mol. The number of rotatable bonds is 6. The first-order valence-electron chi connectivity index (χ1n) is 6.15. The van der Waals surface area contributed by atoms with E-state index in [4.69, 9.17) is 9.84 Å². The predicted octanol–water partition coefficient (Wildman–Crippen LogP) is 1.37. The van der Waals surface area contributed by atoms with Crippen LogP contribution in [-0.2, 0) is 0 Å². The molecule has 5 nitrogen and oxygen atoms in total. The Bertz CT molecular complexity index is 455. The average molecular weight is 288 g/mol. The van der Waals surface area contributed by atoms with E-state index < -0.39 is 17.7 Å². The number of aliphatic hydroxyl groups is 1. The van der Waals surface area contributed by atoms with E-state index in [9.17, 15) is 13.6 Å². The van der Waals surface area contributed by atoms with Gasteiger partial charge in [-0.2, -0.15) is 0 Å². The molecule has 7 heteroatoms. The van der Waals surface area contributed by atoms with E-state index in [1.165, 1.54) is 11.0 Å². The van der Waals surface area contributed by atoms with Crippen LogP contribution in [0.15, 0.2) is 18.2 Å². The number of amides is 2. The molecule has 0 aromatic heterocycles. The number of aliphatic hydroxyl groups excluding tert-OH is 1. The van der Waals surface area contributed by atoms with Gasteiger partial charge in [0.1, 0.15) is 12.4 Å². The molecule has 112 valence electrons. The first-order valence-corrected chi connectivity index (χ1v) is 6.15. The summed E-state index contributed by atoms with van der Waals surface area (Å²) in [7, 11) is 1.55. The van der Waals surface area contributed by atoms with Gasteiger partial charge in [0.15, 0.2) is 11.6 Å². The van der Waals surface area contributed by atoms with Crippen molar-refractivity contribution in [1.82, 2.24) is 10.2 Å². The summed E-state index contributed by atoms with van der Waals surface area (Å²) >= 11 is 0. The van der Waals surface area contributed by atoms with E-state index in [2.05, 4.69) is 5.32 Å². The fraction of sp³-hybridized carbons (Fsp3) is 0.462. The Hall–Kier alpha value is -1.89. The maximum atomic E-state index is 12.9. The minimum atomic E-state index is -0.983. The van der Waals surface area contributed by atoms with Gasteiger partial charge < -0.3 is 20.1 Å². The molecule has 0 bridgehead atoms. The summed E-state index contributed by atoms with van der Waals surface area (Å²) in [5, 5.41) is 11.7. The van der Waals surface area contributed by atoms with Gasteiger partial charge >= 0.3 is 6.03 Å². The zero-order valence-corrected chi connectivity index (χ0v) is 11.4. The summed E-state index contributed by atoms with van der Waals surface area (Å²) in [4.78, 5) is 12.9. The van der Waals surface area contributed by atoms with Crippen molar-refractivity contribution in [3.8, 4) is 5.75 Å². The lowest BCUT2D eigenvalue weighted by Gasteiger charge is -2.19. The monoisotopic (exact) mass is 288 g/mol. The number of ether oxygens (including phenoxy) is 1. The highest BCUT2D eigenvalue weighted by atomic mass is 19.2. The molecule has 0 saturated heterocycles. The van der Waals surface area contributed by atoms with E-state index >= 15 is 0 Å². The Morgan fingerprint density at radius 1 is 1.45 bits per heavy atom. The Morgan fingerprint density at radius 3 is 2.75 bits per heavy atom. The fourth-order valence-corrected chi connectivity index (χ4v) is 1.51. The number of nitrogens with zero attached hydrogens (tertiary/aromatic N) is 1. The molecule has 0 aliphatic heterocycles. The molecule has 0 spiro atoms. The van der Waals surface area contributed by atoms with Crippen LogP contribution in [0.25, 0.3) is 0 Å². The van der Waals surface area contributed by atoms with Crippen molar-refractivity contribution >= 4 is 6.03 Å². The highest BCUT2D eigenvalue weighted by Gasteiger charge is 2.10. The van der Waals surface area contributed by atoms with E-state index in [-0.39, 0.29) is 31.5 Å². The van der Waals surface area contributed by atoms with Crippen molar-refractivity contribution in [2.24, 2.45) is 0 Å². The lowest BCUT2D eigenvalue weighted by Crippen LogP contribution is -2.42. The van der Waals surface area contributed by atoms with Gasteiger partial charge in [-0.15, -0.1) is 0 Å². The molecule has 0 saturated carbocycles. The second-order valence-corrected chi connectivity index (χ2v) is 4.39. The largest absolute Gasteiger partial charge is 0.492 e. The SMILES string of the molecule is CC(O)CN(C)C(=O)NCCOc1ccc(F)c(F)c1. The maximum absolute atomic E-state index is 12.9. The van der Waals surface area contributed by atoms with Gasteiger partial charge in [0, 0.05) is 19.7 Å². The van der Waals surface area contributed by atoms with Crippen LogP contribution in [0.3, 0.4) is 0 Å². The zero-order valence-electron chi connectivity index (χ0n) is 11.4. The van der Waals surface area contributed by atoms with Crippen LogP contribution in [-0.4, -0.2) is 48.9 Å². The maximum Gasteiger partial charge on any atom is 0.317 e. The van der Waals surface area contributed by atoms with Gasteiger partial charge in [-0.1, -0.05) is 0 Å². The van der Waals surface area contributed by atoms with E-state index in [1.807, 2.05) is 0 Å². The smallest absolute Gasteiger partial charge is 0.317 e. The molecule has 0 radical (unpaired) electrons. The van der Waals surface area contributed by atoms with Crippen molar-refractivity contribution < 1.29 is 23.4 Å². The van der Waals surface area contributed by atoms with Crippen LogP contribution in [0.1, 0.15) is 6.92 Å². The molecule has 20 heavy (non-hydrogen) atoms. The van der Waals surface area contributed by atoms with Crippen molar-refractivity contribution in [3.63, 3.8) is 0 Å². The molecule has 0 aliphatic carbocycles.